The van der Waals surface area contributed by atoms with Crippen LogP contribution in [0.5, 0.6) is 0 Å². The fourth-order valence-corrected chi connectivity index (χ4v) is 2.64. The summed E-state index contributed by atoms with van der Waals surface area (Å²) in [5.41, 5.74) is 0.184. The summed E-state index contributed by atoms with van der Waals surface area (Å²) in [6.07, 6.45) is 0.0113. The van der Waals surface area contributed by atoms with E-state index in [1.807, 2.05) is 13.8 Å². The van der Waals surface area contributed by atoms with Gasteiger partial charge in [0.1, 0.15) is 5.82 Å². The Bertz CT molecular complexity index is 813. The lowest BCUT2D eigenvalue weighted by Crippen LogP contribution is -2.17. The van der Waals surface area contributed by atoms with Crippen LogP contribution in [-0.4, -0.2) is 27.7 Å². The van der Waals surface area contributed by atoms with Crippen LogP contribution in [0, 0.1) is 5.82 Å². The van der Waals surface area contributed by atoms with Crippen molar-refractivity contribution in [3.63, 3.8) is 0 Å². The minimum absolute atomic E-state index is 0.0113. The smallest absolute Gasteiger partial charge is 0.251 e. The van der Waals surface area contributed by atoms with Crippen LogP contribution in [-0.2, 0) is 16.1 Å². The standard InChI is InChI=1S/C16H17ClFN3O3S/c1-9(2)24-7-11-6-14(22)21-16(19-11)25-8-15(23)20-13-4-3-10(17)5-12(13)18/h3-6,9H,7-8H2,1-2H3,(H,20,23)(H,19,21,22). The predicted octanol–water partition coefficient (Wildman–Crippen LogP) is 3.22. The van der Waals surface area contributed by atoms with Gasteiger partial charge in [-0.3, -0.25) is 9.59 Å². The van der Waals surface area contributed by atoms with Crippen LogP contribution in [0.25, 0.3) is 0 Å². The topological polar surface area (TPSA) is 84.1 Å². The number of nitrogens with zero attached hydrogens (tertiary/aromatic N) is 1. The third kappa shape index (κ3) is 6.49. The second-order valence-electron chi connectivity index (χ2n) is 5.36. The van der Waals surface area contributed by atoms with Gasteiger partial charge in [-0.15, -0.1) is 0 Å². The maximum atomic E-state index is 13.7. The number of rotatable bonds is 7. The van der Waals surface area contributed by atoms with Crippen LogP contribution < -0.4 is 10.9 Å². The molecular formula is C16H17ClFN3O3S. The number of thioether (sulfide) groups is 1. The molecule has 0 unspecified atom stereocenters. The van der Waals surface area contributed by atoms with E-state index in [0.717, 1.165) is 17.8 Å². The zero-order valence-electron chi connectivity index (χ0n) is 13.6. The van der Waals surface area contributed by atoms with Crippen molar-refractivity contribution in [1.82, 2.24) is 9.97 Å². The molecule has 2 rings (SSSR count). The Morgan fingerprint density at radius 3 is 2.88 bits per heavy atom. The first-order chi connectivity index (χ1) is 11.8. The highest BCUT2D eigenvalue weighted by Crippen LogP contribution is 2.19. The molecule has 9 heteroatoms. The highest BCUT2D eigenvalue weighted by Gasteiger charge is 2.10. The van der Waals surface area contributed by atoms with E-state index in [4.69, 9.17) is 16.3 Å². The molecule has 134 valence electrons. The number of ether oxygens (including phenoxy) is 1. The summed E-state index contributed by atoms with van der Waals surface area (Å²) < 4.78 is 19.1. The van der Waals surface area contributed by atoms with E-state index >= 15 is 0 Å². The molecule has 1 aromatic carbocycles. The molecule has 0 saturated heterocycles. The molecule has 6 nitrogen and oxygen atoms in total. The molecular weight excluding hydrogens is 369 g/mol. The second kappa shape index (κ2) is 8.98. The second-order valence-corrected chi connectivity index (χ2v) is 6.76. The Morgan fingerprint density at radius 2 is 2.20 bits per heavy atom. The fraction of sp³-hybridized carbons (Fsp3) is 0.312. The number of carbonyl (C=O) groups is 1. The molecule has 2 N–H and O–H groups in total. The first kappa shape index (κ1) is 19.4. The van der Waals surface area contributed by atoms with Gasteiger partial charge in [0, 0.05) is 11.1 Å². The molecule has 0 bridgehead atoms. The van der Waals surface area contributed by atoms with Gasteiger partial charge in [0.05, 0.1) is 29.8 Å². The Balaban J connectivity index is 1.95. The molecule has 1 aromatic heterocycles. The lowest BCUT2D eigenvalue weighted by atomic mass is 10.3. The average Bonchev–Trinajstić information content (AvgIpc) is 2.53. The molecule has 0 saturated carbocycles. The molecule has 0 atom stereocenters. The van der Waals surface area contributed by atoms with Gasteiger partial charge in [-0.05, 0) is 32.0 Å². The quantitative estimate of drug-likeness (QED) is 0.564. The number of aromatic amines is 1. The normalized spacial score (nSPS) is 10.9. The van der Waals surface area contributed by atoms with Gasteiger partial charge in [0.25, 0.3) is 5.56 Å². The number of amides is 1. The van der Waals surface area contributed by atoms with Crippen LogP contribution in [0.15, 0.2) is 34.2 Å². The van der Waals surface area contributed by atoms with E-state index in [-0.39, 0.29) is 34.7 Å². The Labute approximate surface area is 153 Å². The molecule has 25 heavy (non-hydrogen) atoms. The predicted molar refractivity (Wildman–Crippen MR) is 95.5 cm³/mol. The zero-order valence-corrected chi connectivity index (χ0v) is 15.2. The van der Waals surface area contributed by atoms with Crippen LogP contribution in [0.3, 0.4) is 0 Å². The van der Waals surface area contributed by atoms with E-state index in [1.165, 1.54) is 18.2 Å². The number of aromatic nitrogens is 2. The number of anilines is 1. The number of halogens is 2. The molecule has 0 aliphatic heterocycles. The Hall–Kier alpha value is -1.90. The number of benzene rings is 1. The number of hydrogen-bond acceptors (Lipinski definition) is 5. The average molecular weight is 386 g/mol. The summed E-state index contributed by atoms with van der Waals surface area (Å²) in [7, 11) is 0. The van der Waals surface area contributed by atoms with Crippen LogP contribution in [0.4, 0.5) is 10.1 Å². The zero-order chi connectivity index (χ0) is 18.4. The SMILES string of the molecule is CC(C)OCc1cc(=O)[nH]c(SCC(=O)Nc2ccc(Cl)cc2F)n1. The molecule has 1 amide bonds. The van der Waals surface area contributed by atoms with E-state index in [9.17, 15) is 14.0 Å². The molecule has 1 heterocycles. The highest BCUT2D eigenvalue weighted by atomic mass is 35.5. The summed E-state index contributed by atoms with van der Waals surface area (Å²) in [6.45, 7) is 3.96. The largest absolute Gasteiger partial charge is 0.373 e. The summed E-state index contributed by atoms with van der Waals surface area (Å²) in [5.74, 6) is -1.10. The van der Waals surface area contributed by atoms with E-state index in [1.54, 1.807) is 0 Å². The minimum atomic E-state index is -0.620. The van der Waals surface area contributed by atoms with Gasteiger partial charge in [-0.25, -0.2) is 9.37 Å². The molecule has 0 spiro atoms. The lowest BCUT2D eigenvalue weighted by Gasteiger charge is -2.08. The van der Waals surface area contributed by atoms with Gasteiger partial charge in [0.2, 0.25) is 5.91 Å². The Kier molecular flexibility index (Phi) is 6.98. The van der Waals surface area contributed by atoms with Crippen molar-refractivity contribution in [2.45, 2.75) is 31.7 Å². The van der Waals surface area contributed by atoms with Gasteiger partial charge in [0.15, 0.2) is 5.16 Å². The van der Waals surface area contributed by atoms with Gasteiger partial charge >= 0.3 is 0 Å². The highest BCUT2D eigenvalue weighted by molar-refractivity contribution is 7.99. The van der Waals surface area contributed by atoms with Crippen molar-refractivity contribution in [3.05, 3.63) is 51.2 Å². The van der Waals surface area contributed by atoms with Crippen molar-refractivity contribution < 1.29 is 13.9 Å². The van der Waals surface area contributed by atoms with Crippen molar-refractivity contribution in [2.24, 2.45) is 0 Å². The molecule has 0 aliphatic rings. The lowest BCUT2D eigenvalue weighted by molar-refractivity contribution is -0.113. The summed E-state index contributed by atoms with van der Waals surface area (Å²) >= 11 is 6.70. The summed E-state index contributed by atoms with van der Waals surface area (Å²) in [4.78, 5) is 30.3. The van der Waals surface area contributed by atoms with E-state index < -0.39 is 11.7 Å². The van der Waals surface area contributed by atoms with Crippen LogP contribution in [0.1, 0.15) is 19.5 Å². The first-order valence-corrected chi connectivity index (χ1v) is 8.79. The van der Waals surface area contributed by atoms with Crippen molar-refractivity contribution >= 4 is 35.0 Å². The number of hydrogen-bond donors (Lipinski definition) is 2. The maximum Gasteiger partial charge on any atom is 0.251 e. The monoisotopic (exact) mass is 385 g/mol. The minimum Gasteiger partial charge on any atom is -0.373 e. The third-order valence-electron chi connectivity index (χ3n) is 2.88. The molecule has 0 fully saturated rings. The molecule has 2 aromatic rings. The maximum absolute atomic E-state index is 13.7. The van der Waals surface area contributed by atoms with Gasteiger partial charge < -0.3 is 15.0 Å². The van der Waals surface area contributed by atoms with Gasteiger partial charge in [-0.2, -0.15) is 0 Å². The van der Waals surface area contributed by atoms with Crippen molar-refractivity contribution in [2.75, 3.05) is 11.1 Å². The first-order valence-electron chi connectivity index (χ1n) is 7.43. The number of H-pyrrole nitrogens is 1. The summed E-state index contributed by atoms with van der Waals surface area (Å²) in [6, 6.07) is 5.31. The molecule has 0 radical (unpaired) electrons. The van der Waals surface area contributed by atoms with Crippen molar-refractivity contribution in [3.8, 4) is 0 Å². The molecule has 0 aliphatic carbocycles. The fourth-order valence-electron chi connectivity index (χ4n) is 1.79. The van der Waals surface area contributed by atoms with E-state index in [0.29, 0.717) is 10.9 Å². The number of nitrogens with one attached hydrogen (secondary N) is 2. The van der Waals surface area contributed by atoms with Crippen LogP contribution >= 0.6 is 23.4 Å². The van der Waals surface area contributed by atoms with Crippen molar-refractivity contribution in [1.29, 1.82) is 0 Å². The van der Waals surface area contributed by atoms with Crippen LogP contribution in [0.2, 0.25) is 5.02 Å². The summed E-state index contributed by atoms with van der Waals surface area (Å²) in [5, 5.41) is 2.97. The Morgan fingerprint density at radius 1 is 1.44 bits per heavy atom. The van der Waals surface area contributed by atoms with E-state index in [2.05, 4.69) is 15.3 Å². The number of carbonyl (C=O) groups excluding carboxylic acids is 1. The third-order valence-corrected chi connectivity index (χ3v) is 3.99. The van der Waals surface area contributed by atoms with Gasteiger partial charge in [-0.1, -0.05) is 23.4 Å².